The van der Waals surface area contributed by atoms with Gasteiger partial charge in [0.1, 0.15) is 0 Å². The number of hydrazone groups is 1. The van der Waals surface area contributed by atoms with Gasteiger partial charge in [-0.2, -0.15) is 5.10 Å². The SMILES string of the molecule is CCCN(/N=C(/C)c1cc(Cl)ccc1NC)c1cccc(Cl)c1. The molecule has 0 aliphatic heterocycles. The van der Waals surface area contributed by atoms with Gasteiger partial charge in [-0.15, -0.1) is 0 Å². The predicted molar refractivity (Wildman–Crippen MR) is 102 cm³/mol. The minimum atomic E-state index is 0.693. The summed E-state index contributed by atoms with van der Waals surface area (Å²) in [6.45, 7) is 4.92. The van der Waals surface area contributed by atoms with Crippen molar-refractivity contribution in [1.82, 2.24) is 0 Å². The highest BCUT2D eigenvalue weighted by Crippen LogP contribution is 2.24. The highest BCUT2D eigenvalue weighted by molar-refractivity contribution is 6.31. The lowest BCUT2D eigenvalue weighted by atomic mass is 10.1. The molecule has 5 heteroatoms. The van der Waals surface area contributed by atoms with Gasteiger partial charge >= 0.3 is 0 Å². The van der Waals surface area contributed by atoms with Crippen LogP contribution in [0.5, 0.6) is 0 Å². The number of rotatable bonds is 6. The van der Waals surface area contributed by atoms with Crippen molar-refractivity contribution < 1.29 is 0 Å². The van der Waals surface area contributed by atoms with Crippen LogP contribution in [0.4, 0.5) is 11.4 Å². The number of benzene rings is 2. The van der Waals surface area contributed by atoms with E-state index in [1.807, 2.05) is 61.4 Å². The van der Waals surface area contributed by atoms with Gasteiger partial charge in [-0.3, -0.25) is 5.01 Å². The van der Waals surface area contributed by atoms with Crippen LogP contribution in [-0.2, 0) is 0 Å². The molecule has 0 fully saturated rings. The molecule has 0 amide bonds. The van der Waals surface area contributed by atoms with E-state index in [9.17, 15) is 0 Å². The average Bonchev–Trinajstić information content (AvgIpc) is 2.54. The van der Waals surface area contributed by atoms with Crippen LogP contribution in [0.1, 0.15) is 25.8 Å². The Kier molecular flexibility index (Phi) is 6.31. The zero-order valence-corrected chi connectivity index (χ0v) is 15.1. The van der Waals surface area contributed by atoms with E-state index >= 15 is 0 Å². The molecule has 1 N–H and O–H groups in total. The van der Waals surface area contributed by atoms with Crippen molar-refractivity contribution in [1.29, 1.82) is 0 Å². The van der Waals surface area contributed by atoms with Gasteiger partial charge < -0.3 is 5.32 Å². The molecule has 2 aromatic carbocycles. The number of hydrogen-bond acceptors (Lipinski definition) is 3. The minimum absolute atomic E-state index is 0.693. The largest absolute Gasteiger partial charge is 0.388 e. The molecule has 3 nitrogen and oxygen atoms in total. The number of hydrogen-bond donors (Lipinski definition) is 1. The molecular weight excluding hydrogens is 329 g/mol. The van der Waals surface area contributed by atoms with Crippen LogP contribution in [0.2, 0.25) is 10.0 Å². The molecule has 0 spiro atoms. The van der Waals surface area contributed by atoms with Gasteiger partial charge in [0.15, 0.2) is 0 Å². The van der Waals surface area contributed by atoms with Crippen LogP contribution >= 0.6 is 23.2 Å². The highest BCUT2D eigenvalue weighted by atomic mass is 35.5. The van der Waals surface area contributed by atoms with E-state index in [-0.39, 0.29) is 0 Å². The average molecular weight is 350 g/mol. The summed E-state index contributed by atoms with van der Waals surface area (Å²) in [6.07, 6.45) is 0.984. The fourth-order valence-corrected chi connectivity index (χ4v) is 2.71. The van der Waals surface area contributed by atoms with E-state index in [2.05, 4.69) is 12.2 Å². The fourth-order valence-electron chi connectivity index (χ4n) is 2.35. The quantitative estimate of drug-likeness (QED) is 0.536. The van der Waals surface area contributed by atoms with E-state index in [0.717, 1.165) is 35.6 Å². The lowest BCUT2D eigenvalue weighted by Gasteiger charge is -2.20. The first-order valence-corrected chi connectivity index (χ1v) is 8.36. The van der Waals surface area contributed by atoms with Crippen molar-refractivity contribution in [3.63, 3.8) is 0 Å². The normalized spacial score (nSPS) is 11.4. The summed E-state index contributed by atoms with van der Waals surface area (Å²) in [6, 6.07) is 13.5. The summed E-state index contributed by atoms with van der Waals surface area (Å²) in [5, 5.41) is 11.3. The van der Waals surface area contributed by atoms with E-state index in [0.29, 0.717) is 10.0 Å². The second-order valence-electron chi connectivity index (χ2n) is 5.23. The Morgan fingerprint density at radius 3 is 2.52 bits per heavy atom. The van der Waals surface area contributed by atoms with Crippen LogP contribution in [0.3, 0.4) is 0 Å². The third kappa shape index (κ3) is 4.63. The molecule has 23 heavy (non-hydrogen) atoms. The second-order valence-corrected chi connectivity index (χ2v) is 6.10. The van der Waals surface area contributed by atoms with Gasteiger partial charge in [-0.1, -0.05) is 36.2 Å². The van der Waals surface area contributed by atoms with Crippen molar-refractivity contribution in [3.8, 4) is 0 Å². The highest BCUT2D eigenvalue weighted by Gasteiger charge is 2.10. The molecule has 0 radical (unpaired) electrons. The molecule has 0 bridgehead atoms. The van der Waals surface area contributed by atoms with Gasteiger partial charge in [-0.05, 0) is 49.7 Å². The number of nitrogens with one attached hydrogen (secondary N) is 1. The summed E-state index contributed by atoms with van der Waals surface area (Å²) in [4.78, 5) is 0. The van der Waals surface area contributed by atoms with Gasteiger partial charge in [0.05, 0.1) is 11.4 Å². The minimum Gasteiger partial charge on any atom is -0.388 e. The Morgan fingerprint density at radius 2 is 1.87 bits per heavy atom. The molecule has 122 valence electrons. The van der Waals surface area contributed by atoms with Crippen molar-refractivity contribution in [2.75, 3.05) is 23.9 Å². The molecule has 0 atom stereocenters. The van der Waals surface area contributed by atoms with E-state index in [1.54, 1.807) is 0 Å². The zero-order valence-electron chi connectivity index (χ0n) is 13.6. The van der Waals surface area contributed by atoms with Crippen LogP contribution < -0.4 is 10.3 Å². The summed E-state index contributed by atoms with van der Waals surface area (Å²) in [5.41, 5.74) is 3.86. The van der Waals surface area contributed by atoms with Gasteiger partial charge in [-0.25, -0.2) is 0 Å². The molecular formula is C18H21Cl2N3. The maximum Gasteiger partial charge on any atom is 0.0672 e. The Hall–Kier alpha value is -1.71. The molecule has 2 aromatic rings. The van der Waals surface area contributed by atoms with Gasteiger partial charge in [0, 0.05) is 34.9 Å². The predicted octanol–water partition coefficient (Wildman–Crippen LogP) is 5.68. The molecule has 0 heterocycles. The van der Waals surface area contributed by atoms with Crippen molar-refractivity contribution in [2.24, 2.45) is 5.10 Å². The standard InChI is InChI=1S/C18H21Cl2N3/c1-4-10-23(16-7-5-6-14(19)11-16)22-13(2)17-12-15(20)8-9-18(17)21-3/h5-9,11-12,21H,4,10H2,1-3H3/b22-13-. The van der Waals surface area contributed by atoms with E-state index in [1.165, 1.54) is 0 Å². The van der Waals surface area contributed by atoms with E-state index in [4.69, 9.17) is 28.3 Å². The molecule has 0 saturated carbocycles. The Bertz CT molecular complexity index is 698. The molecule has 0 aliphatic rings. The topological polar surface area (TPSA) is 27.6 Å². The number of halogens is 2. The number of anilines is 2. The van der Waals surface area contributed by atoms with Gasteiger partial charge in [0.25, 0.3) is 0 Å². The third-order valence-electron chi connectivity index (χ3n) is 3.45. The third-order valence-corrected chi connectivity index (χ3v) is 3.92. The van der Waals surface area contributed by atoms with Crippen LogP contribution in [0.15, 0.2) is 47.6 Å². The first-order valence-electron chi connectivity index (χ1n) is 7.61. The summed E-state index contributed by atoms with van der Waals surface area (Å²) in [7, 11) is 1.89. The molecule has 0 aliphatic carbocycles. The van der Waals surface area contributed by atoms with Crippen LogP contribution in [0.25, 0.3) is 0 Å². The molecule has 0 saturated heterocycles. The smallest absolute Gasteiger partial charge is 0.0672 e. The molecule has 0 aromatic heterocycles. The fraction of sp³-hybridized carbons (Fsp3) is 0.278. The van der Waals surface area contributed by atoms with Crippen LogP contribution in [0, 0.1) is 0 Å². The molecule has 0 unspecified atom stereocenters. The maximum absolute atomic E-state index is 6.14. The summed E-state index contributed by atoms with van der Waals surface area (Å²) >= 11 is 12.2. The maximum atomic E-state index is 6.14. The van der Waals surface area contributed by atoms with E-state index < -0.39 is 0 Å². The first kappa shape index (κ1) is 17.6. The lowest BCUT2D eigenvalue weighted by molar-refractivity contribution is 0.806. The Balaban J connectivity index is 2.41. The number of nitrogens with zero attached hydrogens (tertiary/aromatic N) is 2. The Morgan fingerprint density at radius 1 is 1.13 bits per heavy atom. The summed E-state index contributed by atoms with van der Waals surface area (Å²) < 4.78 is 0. The van der Waals surface area contributed by atoms with Crippen molar-refractivity contribution in [2.45, 2.75) is 20.3 Å². The molecule has 2 rings (SSSR count). The zero-order chi connectivity index (χ0) is 16.8. The summed E-state index contributed by atoms with van der Waals surface area (Å²) in [5.74, 6) is 0. The van der Waals surface area contributed by atoms with Gasteiger partial charge in [0.2, 0.25) is 0 Å². The second kappa shape index (κ2) is 8.23. The Labute approximate surface area is 147 Å². The van der Waals surface area contributed by atoms with Crippen LogP contribution in [-0.4, -0.2) is 19.3 Å². The first-order chi connectivity index (χ1) is 11.0. The lowest BCUT2D eigenvalue weighted by Crippen LogP contribution is -2.19. The van der Waals surface area contributed by atoms with Crippen molar-refractivity contribution >= 4 is 40.3 Å². The van der Waals surface area contributed by atoms with Crippen molar-refractivity contribution in [3.05, 3.63) is 58.1 Å². The monoisotopic (exact) mass is 349 g/mol.